The van der Waals surface area contributed by atoms with E-state index in [0.29, 0.717) is 6.61 Å². The molecule has 1 atom stereocenters. The molecule has 2 amide bonds. The lowest BCUT2D eigenvalue weighted by molar-refractivity contribution is -0.119. The van der Waals surface area contributed by atoms with Crippen LogP contribution < -0.4 is 15.8 Å². The highest BCUT2D eigenvalue weighted by Crippen LogP contribution is 2.11. The van der Waals surface area contributed by atoms with Crippen molar-refractivity contribution in [3.63, 3.8) is 0 Å². The molecule has 0 heterocycles. The van der Waals surface area contributed by atoms with E-state index in [1.54, 1.807) is 0 Å². The first-order chi connectivity index (χ1) is 9.47. The molecule has 0 aromatic heterocycles. The summed E-state index contributed by atoms with van der Waals surface area (Å²) in [5, 5.41) is 2.80. The summed E-state index contributed by atoms with van der Waals surface area (Å²) in [4.78, 5) is 22.1. The van der Waals surface area contributed by atoms with Crippen LogP contribution in [0.25, 0.3) is 0 Å². The van der Waals surface area contributed by atoms with E-state index in [-0.39, 0.29) is 23.5 Å². The summed E-state index contributed by atoms with van der Waals surface area (Å²) >= 11 is 1.20. The third-order valence-electron chi connectivity index (χ3n) is 2.41. The number of nitrogens with two attached hydrogens (primary N) is 1. The molecule has 0 fully saturated rings. The van der Waals surface area contributed by atoms with Crippen LogP contribution in [0.2, 0.25) is 0 Å². The Bertz CT molecular complexity index is 448. The van der Waals surface area contributed by atoms with Gasteiger partial charge in [0.1, 0.15) is 12.4 Å². The minimum Gasteiger partial charge on any atom is -0.491 e. The van der Waals surface area contributed by atoms with E-state index in [0.717, 1.165) is 5.75 Å². The molecule has 0 bridgehead atoms. The standard InChI is InChI=1S/C14H20N2O3S/c1-10-3-5-12(6-4-10)19-7-11(2)16-14(18)9-20-8-13(15)17/h3-6,11H,7-9H2,1-2H3,(H2,15,17)(H,16,18). The van der Waals surface area contributed by atoms with Crippen LogP contribution in [0.4, 0.5) is 0 Å². The number of rotatable bonds is 8. The van der Waals surface area contributed by atoms with Gasteiger partial charge in [-0.25, -0.2) is 0 Å². The maximum atomic E-state index is 11.6. The van der Waals surface area contributed by atoms with Gasteiger partial charge in [0.2, 0.25) is 11.8 Å². The SMILES string of the molecule is Cc1ccc(OCC(C)NC(=O)CSCC(N)=O)cc1. The summed E-state index contributed by atoms with van der Waals surface area (Å²) in [6.45, 7) is 4.27. The van der Waals surface area contributed by atoms with Crippen molar-refractivity contribution < 1.29 is 14.3 Å². The minimum absolute atomic E-state index is 0.0991. The molecule has 110 valence electrons. The lowest BCUT2D eigenvalue weighted by atomic mass is 10.2. The number of carbonyl (C=O) groups excluding carboxylic acids is 2. The van der Waals surface area contributed by atoms with Gasteiger partial charge < -0.3 is 15.8 Å². The first-order valence-electron chi connectivity index (χ1n) is 6.32. The second kappa shape index (κ2) is 8.47. The van der Waals surface area contributed by atoms with E-state index in [1.807, 2.05) is 38.1 Å². The molecule has 0 aliphatic heterocycles. The largest absolute Gasteiger partial charge is 0.491 e. The third-order valence-corrected chi connectivity index (χ3v) is 3.36. The van der Waals surface area contributed by atoms with Gasteiger partial charge in [-0.2, -0.15) is 0 Å². The summed E-state index contributed by atoms with van der Waals surface area (Å²) < 4.78 is 5.57. The molecule has 0 aliphatic rings. The molecule has 6 heteroatoms. The fourth-order valence-electron chi connectivity index (χ4n) is 1.46. The molecule has 0 aliphatic carbocycles. The Labute approximate surface area is 123 Å². The molecule has 3 N–H and O–H groups in total. The van der Waals surface area contributed by atoms with Crippen molar-refractivity contribution in [3.05, 3.63) is 29.8 Å². The van der Waals surface area contributed by atoms with Crippen molar-refractivity contribution >= 4 is 23.6 Å². The molecule has 0 saturated carbocycles. The summed E-state index contributed by atoms with van der Waals surface area (Å²) in [5.74, 6) is 0.606. The van der Waals surface area contributed by atoms with Crippen molar-refractivity contribution in [2.75, 3.05) is 18.1 Å². The van der Waals surface area contributed by atoms with Gasteiger partial charge >= 0.3 is 0 Å². The van der Waals surface area contributed by atoms with Gasteiger partial charge in [0.25, 0.3) is 0 Å². The van der Waals surface area contributed by atoms with Gasteiger partial charge in [0, 0.05) is 0 Å². The molecule has 1 unspecified atom stereocenters. The van der Waals surface area contributed by atoms with Crippen LogP contribution in [0.5, 0.6) is 5.75 Å². The summed E-state index contributed by atoms with van der Waals surface area (Å²) in [6, 6.07) is 7.63. The van der Waals surface area contributed by atoms with Crippen molar-refractivity contribution in [2.24, 2.45) is 5.73 Å². The van der Waals surface area contributed by atoms with Crippen molar-refractivity contribution in [1.82, 2.24) is 5.32 Å². The normalized spacial score (nSPS) is 11.7. The number of nitrogens with one attached hydrogen (secondary N) is 1. The zero-order valence-corrected chi connectivity index (χ0v) is 12.5. The number of carbonyl (C=O) groups is 2. The number of ether oxygens (including phenoxy) is 1. The van der Waals surface area contributed by atoms with E-state index in [4.69, 9.17) is 10.5 Å². The molecular weight excluding hydrogens is 276 g/mol. The monoisotopic (exact) mass is 296 g/mol. The van der Waals surface area contributed by atoms with Crippen LogP contribution in [0.15, 0.2) is 24.3 Å². The van der Waals surface area contributed by atoms with Crippen LogP contribution in [0, 0.1) is 6.92 Å². The molecule has 1 rings (SSSR count). The van der Waals surface area contributed by atoms with Crippen LogP contribution in [-0.2, 0) is 9.59 Å². The molecule has 5 nitrogen and oxygen atoms in total. The van der Waals surface area contributed by atoms with E-state index < -0.39 is 5.91 Å². The smallest absolute Gasteiger partial charge is 0.230 e. The van der Waals surface area contributed by atoms with Crippen molar-refractivity contribution in [3.8, 4) is 5.75 Å². The van der Waals surface area contributed by atoms with Gasteiger partial charge in [-0.1, -0.05) is 17.7 Å². The number of hydrogen-bond donors (Lipinski definition) is 2. The maximum Gasteiger partial charge on any atom is 0.230 e. The fourth-order valence-corrected chi connectivity index (χ4v) is 2.03. The average molecular weight is 296 g/mol. The highest BCUT2D eigenvalue weighted by Gasteiger charge is 2.08. The maximum absolute atomic E-state index is 11.6. The van der Waals surface area contributed by atoms with Crippen LogP contribution >= 0.6 is 11.8 Å². The zero-order valence-electron chi connectivity index (χ0n) is 11.7. The van der Waals surface area contributed by atoms with Crippen LogP contribution in [0.3, 0.4) is 0 Å². The summed E-state index contributed by atoms with van der Waals surface area (Å²) in [5.41, 5.74) is 6.16. The number of amides is 2. The van der Waals surface area contributed by atoms with Crippen LogP contribution in [-0.4, -0.2) is 36.0 Å². The second-order valence-electron chi connectivity index (χ2n) is 4.55. The number of thioether (sulfide) groups is 1. The van der Waals surface area contributed by atoms with Crippen molar-refractivity contribution in [1.29, 1.82) is 0 Å². The Hall–Kier alpha value is -1.69. The Morgan fingerprint density at radius 2 is 1.95 bits per heavy atom. The Morgan fingerprint density at radius 1 is 1.30 bits per heavy atom. The molecule has 1 aromatic rings. The second-order valence-corrected chi connectivity index (χ2v) is 5.54. The number of benzene rings is 1. The molecular formula is C14H20N2O3S. The van der Waals surface area contributed by atoms with E-state index in [9.17, 15) is 9.59 Å². The summed E-state index contributed by atoms with van der Waals surface area (Å²) in [7, 11) is 0. The average Bonchev–Trinajstić information content (AvgIpc) is 2.37. The minimum atomic E-state index is -0.418. The molecule has 0 spiro atoms. The highest BCUT2D eigenvalue weighted by atomic mass is 32.2. The topological polar surface area (TPSA) is 81.4 Å². The quantitative estimate of drug-likeness (QED) is 0.752. The Morgan fingerprint density at radius 3 is 2.55 bits per heavy atom. The number of hydrogen-bond acceptors (Lipinski definition) is 4. The van der Waals surface area contributed by atoms with Gasteiger partial charge in [0.05, 0.1) is 17.5 Å². The highest BCUT2D eigenvalue weighted by molar-refractivity contribution is 8.00. The zero-order chi connectivity index (χ0) is 15.0. The predicted octanol–water partition coefficient (Wildman–Crippen LogP) is 1.10. The predicted molar refractivity (Wildman–Crippen MR) is 80.8 cm³/mol. The lowest BCUT2D eigenvalue weighted by Crippen LogP contribution is -2.38. The van der Waals surface area contributed by atoms with E-state index in [1.165, 1.54) is 17.3 Å². The van der Waals surface area contributed by atoms with Gasteiger partial charge in [-0.3, -0.25) is 9.59 Å². The fraction of sp³-hybridized carbons (Fsp3) is 0.429. The van der Waals surface area contributed by atoms with Gasteiger partial charge in [0.15, 0.2) is 0 Å². The Balaban J connectivity index is 2.22. The van der Waals surface area contributed by atoms with E-state index >= 15 is 0 Å². The molecule has 0 saturated heterocycles. The van der Waals surface area contributed by atoms with Gasteiger partial charge in [-0.15, -0.1) is 11.8 Å². The summed E-state index contributed by atoms with van der Waals surface area (Å²) in [6.07, 6.45) is 0. The molecule has 20 heavy (non-hydrogen) atoms. The van der Waals surface area contributed by atoms with Crippen molar-refractivity contribution in [2.45, 2.75) is 19.9 Å². The first kappa shape index (κ1) is 16.4. The Kier molecular flexibility index (Phi) is 6.93. The first-order valence-corrected chi connectivity index (χ1v) is 7.47. The van der Waals surface area contributed by atoms with Gasteiger partial charge in [-0.05, 0) is 26.0 Å². The van der Waals surface area contributed by atoms with Crippen LogP contribution in [0.1, 0.15) is 12.5 Å². The van der Waals surface area contributed by atoms with E-state index in [2.05, 4.69) is 5.32 Å². The lowest BCUT2D eigenvalue weighted by Gasteiger charge is -2.15. The number of primary amides is 1. The molecule has 0 radical (unpaired) electrons. The molecule has 1 aromatic carbocycles. The third kappa shape index (κ3) is 7.04. The number of aryl methyl sites for hydroxylation is 1.